The number of ether oxygens (including phenoxy) is 1. The number of carbonyl (C=O) groups excluding carboxylic acids is 1. The van der Waals surface area contributed by atoms with Gasteiger partial charge in [0.2, 0.25) is 5.91 Å². The molecule has 4 nitrogen and oxygen atoms in total. The van der Waals surface area contributed by atoms with E-state index in [9.17, 15) is 9.18 Å². The fourth-order valence-corrected chi connectivity index (χ4v) is 2.13. The predicted molar refractivity (Wildman–Crippen MR) is 76.6 cm³/mol. The van der Waals surface area contributed by atoms with E-state index in [0.717, 1.165) is 12.0 Å². The summed E-state index contributed by atoms with van der Waals surface area (Å²) in [6, 6.07) is 5.29. The van der Waals surface area contributed by atoms with Gasteiger partial charge in [0.15, 0.2) is 0 Å². The molecular weight excluding hydrogens is 259 g/mol. The van der Waals surface area contributed by atoms with E-state index in [4.69, 9.17) is 10.5 Å². The maximum atomic E-state index is 12.9. The zero-order chi connectivity index (χ0) is 15.1. The van der Waals surface area contributed by atoms with Crippen LogP contribution < -0.4 is 11.1 Å². The summed E-state index contributed by atoms with van der Waals surface area (Å²) in [6.07, 6.45) is 1.16. The molecule has 0 aromatic heterocycles. The van der Waals surface area contributed by atoms with Gasteiger partial charge >= 0.3 is 0 Å². The van der Waals surface area contributed by atoms with E-state index in [1.165, 1.54) is 12.1 Å². The number of hydrogen-bond donors (Lipinski definition) is 2. The molecule has 0 aliphatic rings. The minimum absolute atomic E-state index is 0.191. The molecule has 1 amide bonds. The summed E-state index contributed by atoms with van der Waals surface area (Å²) in [6.45, 7) is 3.82. The Hall–Kier alpha value is -1.46. The van der Waals surface area contributed by atoms with E-state index in [-0.39, 0.29) is 23.9 Å². The molecule has 20 heavy (non-hydrogen) atoms. The smallest absolute Gasteiger partial charge is 0.237 e. The van der Waals surface area contributed by atoms with Crippen molar-refractivity contribution in [2.24, 2.45) is 5.73 Å². The third kappa shape index (κ3) is 4.58. The highest BCUT2D eigenvalue weighted by Crippen LogP contribution is 2.21. The maximum absolute atomic E-state index is 12.9. The van der Waals surface area contributed by atoms with Crippen LogP contribution in [0.2, 0.25) is 0 Å². The number of amides is 1. The Morgan fingerprint density at radius 1 is 1.40 bits per heavy atom. The molecule has 112 valence electrons. The third-order valence-corrected chi connectivity index (χ3v) is 3.21. The van der Waals surface area contributed by atoms with E-state index in [2.05, 4.69) is 5.32 Å². The fourth-order valence-electron chi connectivity index (χ4n) is 2.13. The largest absolute Gasteiger partial charge is 0.375 e. The molecule has 0 aliphatic carbocycles. The van der Waals surface area contributed by atoms with E-state index >= 15 is 0 Å². The van der Waals surface area contributed by atoms with Crippen molar-refractivity contribution in [2.75, 3.05) is 7.11 Å². The lowest BCUT2D eigenvalue weighted by Crippen LogP contribution is -2.46. The lowest BCUT2D eigenvalue weighted by atomic mass is 10.0. The second-order valence-electron chi connectivity index (χ2n) is 4.90. The Balaban J connectivity index is 2.70. The first-order valence-electron chi connectivity index (χ1n) is 6.83. The monoisotopic (exact) mass is 282 g/mol. The summed E-state index contributed by atoms with van der Waals surface area (Å²) >= 11 is 0. The summed E-state index contributed by atoms with van der Waals surface area (Å²) in [7, 11) is 1.56. The summed E-state index contributed by atoms with van der Waals surface area (Å²) in [5.41, 5.74) is 6.58. The quantitative estimate of drug-likeness (QED) is 0.805. The number of nitrogens with two attached hydrogens (primary N) is 1. The molecule has 3 unspecified atom stereocenters. The first-order valence-corrected chi connectivity index (χ1v) is 6.83. The van der Waals surface area contributed by atoms with Crippen molar-refractivity contribution in [1.82, 2.24) is 5.32 Å². The van der Waals surface area contributed by atoms with Crippen molar-refractivity contribution in [3.63, 3.8) is 0 Å². The van der Waals surface area contributed by atoms with E-state index in [0.29, 0.717) is 6.42 Å². The Morgan fingerprint density at radius 3 is 2.50 bits per heavy atom. The molecular formula is C15H23FN2O2. The zero-order valence-corrected chi connectivity index (χ0v) is 12.2. The van der Waals surface area contributed by atoms with Crippen molar-refractivity contribution in [3.05, 3.63) is 35.6 Å². The van der Waals surface area contributed by atoms with E-state index in [1.807, 2.05) is 13.8 Å². The Morgan fingerprint density at radius 2 is 2.00 bits per heavy atom. The lowest BCUT2D eigenvalue weighted by molar-refractivity contribution is -0.124. The van der Waals surface area contributed by atoms with Crippen molar-refractivity contribution in [2.45, 2.75) is 44.9 Å². The molecule has 1 rings (SSSR count). The van der Waals surface area contributed by atoms with Crippen LogP contribution in [-0.2, 0) is 9.53 Å². The van der Waals surface area contributed by atoms with Crippen molar-refractivity contribution in [3.8, 4) is 0 Å². The van der Waals surface area contributed by atoms with Gasteiger partial charge in [0, 0.05) is 7.11 Å². The topological polar surface area (TPSA) is 64.4 Å². The molecule has 0 spiro atoms. The first kappa shape index (κ1) is 16.6. The van der Waals surface area contributed by atoms with Gasteiger partial charge in [0.1, 0.15) is 11.9 Å². The molecule has 3 atom stereocenters. The molecule has 0 radical (unpaired) electrons. The second-order valence-corrected chi connectivity index (χ2v) is 4.90. The minimum Gasteiger partial charge on any atom is -0.375 e. The van der Waals surface area contributed by atoms with Gasteiger partial charge in [-0.1, -0.05) is 25.5 Å². The molecule has 0 saturated heterocycles. The Labute approximate surface area is 119 Å². The SMILES string of the molecule is CCCC(N)C(=O)NC(C)C(OC)c1ccc(F)cc1. The Bertz CT molecular complexity index is 422. The standard InChI is InChI=1S/C15H23FN2O2/c1-4-5-13(17)15(19)18-10(2)14(20-3)11-6-8-12(16)9-7-11/h6-10,13-14H,4-5,17H2,1-3H3,(H,18,19). The minimum atomic E-state index is -0.506. The number of carbonyl (C=O) groups is 1. The van der Waals surface area contributed by atoms with Crippen molar-refractivity contribution in [1.29, 1.82) is 0 Å². The van der Waals surface area contributed by atoms with E-state index < -0.39 is 6.04 Å². The van der Waals surface area contributed by atoms with Gasteiger partial charge < -0.3 is 15.8 Å². The molecule has 0 heterocycles. The van der Waals surface area contributed by atoms with Crippen LogP contribution in [0, 0.1) is 5.82 Å². The molecule has 0 saturated carbocycles. The van der Waals surface area contributed by atoms with Crippen LogP contribution in [0.25, 0.3) is 0 Å². The highest BCUT2D eigenvalue weighted by molar-refractivity contribution is 5.81. The van der Waals surface area contributed by atoms with Crippen LogP contribution in [0.1, 0.15) is 38.4 Å². The van der Waals surface area contributed by atoms with Crippen LogP contribution in [0.3, 0.4) is 0 Å². The molecule has 0 aliphatic heterocycles. The normalized spacial score (nSPS) is 15.4. The summed E-state index contributed by atoms with van der Waals surface area (Å²) in [4.78, 5) is 11.9. The van der Waals surface area contributed by atoms with Gasteiger partial charge in [-0.05, 0) is 31.0 Å². The molecule has 0 bridgehead atoms. The third-order valence-electron chi connectivity index (χ3n) is 3.21. The predicted octanol–water partition coefficient (Wildman–Crippen LogP) is 2.15. The van der Waals surface area contributed by atoms with Crippen LogP contribution in [0.5, 0.6) is 0 Å². The number of benzene rings is 1. The van der Waals surface area contributed by atoms with Crippen LogP contribution in [0.4, 0.5) is 4.39 Å². The van der Waals surface area contributed by atoms with Crippen LogP contribution in [0.15, 0.2) is 24.3 Å². The highest BCUT2D eigenvalue weighted by atomic mass is 19.1. The number of hydrogen-bond acceptors (Lipinski definition) is 3. The zero-order valence-electron chi connectivity index (χ0n) is 12.2. The summed E-state index contributed by atoms with van der Waals surface area (Å²) in [5, 5.41) is 2.85. The number of methoxy groups -OCH3 is 1. The second kappa shape index (κ2) is 7.97. The van der Waals surface area contributed by atoms with Gasteiger partial charge in [-0.2, -0.15) is 0 Å². The van der Waals surface area contributed by atoms with Gasteiger partial charge in [0.25, 0.3) is 0 Å². The van der Waals surface area contributed by atoms with Gasteiger partial charge in [0.05, 0.1) is 12.1 Å². The van der Waals surface area contributed by atoms with Gasteiger partial charge in [-0.15, -0.1) is 0 Å². The average Bonchev–Trinajstić information content (AvgIpc) is 2.42. The number of halogens is 1. The fraction of sp³-hybridized carbons (Fsp3) is 0.533. The molecule has 3 N–H and O–H groups in total. The first-order chi connectivity index (χ1) is 9.49. The number of rotatable bonds is 7. The molecule has 5 heteroatoms. The van der Waals surface area contributed by atoms with Crippen molar-refractivity contribution < 1.29 is 13.9 Å². The highest BCUT2D eigenvalue weighted by Gasteiger charge is 2.22. The van der Waals surface area contributed by atoms with Gasteiger partial charge in [-0.3, -0.25) is 4.79 Å². The summed E-state index contributed by atoms with van der Waals surface area (Å²) in [5.74, 6) is -0.492. The van der Waals surface area contributed by atoms with Crippen LogP contribution >= 0.6 is 0 Å². The maximum Gasteiger partial charge on any atom is 0.237 e. The molecule has 1 aromatic rings. The van der Waals surface area contributed by atoms with E-state index in [1.54, 1.807) is 19.2 Å². The lowest BCUT2D eigenvalue weighted by Gasteiger charge is -2.25. The van der Waals surface area contributed by atoms with Crippen molar-refractivity contribution >= 4 is 5.91 Å². The molecule has 1 aromatic carbocycles. The average molecular weight is 282 g/mol. The number of nitrogens with one attached hydrogen (secondary N) is 1. The summed E-state index contributed by atoms with van der Waals surface area (Å²) < 4.78 is 18.3. The van der Waals surface area contributed by atoms with Crippen LogP contribution in [-0.4, -0.2) is 25.1 Å². The van der Waals surface area contributed by atoms with Gasteiger partial charge in [-0.25, -0.2) is 4.39 Å². The Kier molecular flexibility index (Phi) is 6.61. The molecule has 0 fully saturated rings.